The van der Waals surface area contributed by atoms with Crippen LogP contribution < -0.4 is 5.56 Å². The lowest BCUT2D eigenvalue weighted by Crippen LogP contribution is -2.43. The zero-order valence-corrected chi connectivity index (χ0v) is 17.7. The van der Waals surface area contributed by atoms with Crippen LogP contribution in [-0.2, 0) is 22.7 Å². The summed E-state index contributed by atoms with van der Waals surface area (Å²) >= 11 is 0. The van der Waals surface area contributed by atoms with E-state index in [-0.39, 0.29) is 36.4 Å². The predicted molar refractivity (Wildman–Crippen MR) is 118 cm³/mol. The van der Waals surface area contributed by atoms with Gasteiger partial charge in [0.1, 0.15) is 5.76 Å². The van der Waals surface area contributed by atoms with E-state index >= 15 is 0 Å². The third kappa shape index (κ3) is 3.53. The first-order valence-electron chi connectivity index (χ1n) is 10.8. The summed E-state index contributed by atoms with van der Waals surface area (Å²) in [5.74, 6) is -2.22. The van der Waals surface area contributed by atoms with E-state index in [1.54, 1.807) is 23.1 Å². The second kappa shape index (κ2) is 7.82. The number of aryl methyl sites for hydroxylation is 1. The van der Waals surface area contributed by atoms with Gasteiger partial charge in [-0.25, -0.2) is 0 Å². The molecule has 3 aromatic rings. The fourth-order valence-corrected chi connectivity index (χ4v) is 5.20. The molecule has 4 unspecified atom stereocenters. The Morgan fingerprint density at radius 1 is 1.12 bits per heavy atom. The number of furan rings is 1. The molecule has 7 heteroatoms. The lowest BCUT2D eigenvalue weighted by atomic mass is 9.82. The molecular weight excluding hydrogens is 408 g/mol. The van der Waals surface area contributed by atoms with Gasteiger partial charge in [0, 0.05) is 11.1 Å². The Balaban J connectivity index is 1.50. The Labute approximate surface area is 184 Å². The van der Waals surface area contributed by atoms with Crippen molar-refractivity contribution in [3.63, 3.8) is 0 Å². The maximum Gasteiger partial charge on any atom is 0.307 e. The lowest BCUT2D eigenvalue weighted by molar-refractivity contribution is -0.151. The molecule has 4 atom stereocenters. The second-order valence-corrected chi connectivity index (χ2v) is 8.83. The van der Waals surface area contributed by atoms with Crippen LogP contribution in [0, 0.1) is 30.6 Å². The molecule has 164 valence electrons. The van der Waals surface area contributed by atoms with Crippen LogP contribution in [0.5, 0.6) is 0 Å². The molecule has 2 aliphatic rings. The zero-order valence-electron chi connectivity index (χ0n) is 17.7. The third-order valence-corrected chi connectivity index (χ3v) is 6.71. The summed E-state index contributed by atoms with van der Waals surface area (Å²) < 4.78 is 5.46. The average Bonchev–Trinajstić information content (AvgIpc) is 3.51. The second-order valence-electron chi connectivity index (χ2n) is 8.83. The van der Waals surface area contributed by atoms with Gasteiger partial charge < -0.3 is 19.4 Å². The summed E-state index contributed by atoms with van der Waals surface area (Å²) in [5, 5.41) is 10.7. The fraction of sp³-hybridized carbons (Fsp3) is 0.320. The number of carbonyl (C=O) groups excluding carboxylic acids is 1. The minimum absolute atomic E-state index is 0.0721. The molecule has 0 aliphatic heterocycles. The number of hydrogen-bond acceptors (Lipinski definition) is 4. The van der Waals surface area contributed by atoms with E-state index in [1.165, 1.54) is 6.26 Å². The van der Waals surface area contributed by atoms with Gasteiger partial charge in [0.15, 0.2) is 0 Å². The highest BCUT2D eigenvalue weighted by molar-refractivity contribution is 5.87. The molecule has 1 fully saturated rings. The van der Waals surface area contributed by atoms with Crippen molar-refractivity contribution in [2.24, 2.45) is 23.7 Å². The van der Waals surface area contributed by atoms with Crippen molar-refractivity contribution in [1.82, 2.24) is 9.88 Å². The number of aromatic nitrogens is 1. The topological polar surface area (TPSA) is 104 Å². The molecule has 2 heterocycles. The summed E-state index contributed by atoms with van der Waals surface area (Å²) in [5.41, 5.74) is 1.99. The highest BCUT2D eigenvalue weighted by Gasteiger charge is 2.52. The molecule has 0 saturated heterocycles. The van der Waals surface area contributed by atoms with Crippen LogP contribution in [0.4, 0.5) is 0 Å². The molecule has 1 saturated carbocycles. The molecule has 1 aromatic carbocycles. The quantitative estimate of drug-likeness (QED) is 0.581. The molecule has 2 N–H and O–H groups in total. The number of H-pyrrole nitrogens is 1. The van der Waals surface area contributed by atoms with Gasteiger partial charge in [0.05, 0.1) is 31.2 Å². The number of benzene rings is 1. The molecule has 0 radical (unpaired) electrons. The van der Waals surface area contributed by atoms with Crippen LogP contribution in [0.2, 0.25) is 0 Å². The largest absolute Gasteiger partial charge is 0.481 e. The van der Waals surface area contributed by atoms with Crippen LogP contribution in [0.3, 0.4) is 0 Å². The number of amides is 1. The molecule has 1 amide bonds. The number of carbonyl (C=O) groups is 2. The Morgan fingerprint density at radius 2 is 1.91 bits per heavy atom. The number of pyridine rings is 1. The van der Waals surface area contributed by atoms with Crippen molar-refractivity contribution >= 4 is 22.8 Å². The smallest absolute Gasteiger partial charge is 0.307 e. The van der Waals surface area contributed by atoms with Gasteiger partial charge in [-0.2, -0.15) is 0 Å². The van der Waals surface area contributed by atoms with Gasteiger partial charge in [-0.1, -0.05) is 23.8 Å². The van der Waals surface area contributed by atoms with E-state index in [0.717, 1.165) is 16.5 Å². The fourth-order valence-electron chi connectivity index (χ4n) is 5.20. The van der Waals surface area contributed by atoms with E-state index in [1.807, 2.05) is 37.3 Å². The summed E-state index contributed by atoms with van der Waals surface area (Å²) in [6, 6.07) is 11.1. The number of rotatable bonds is 6. The van der Waals surface area contributed by atoms with Gasteiger partial charge >= 0.3 is 5.97 Å². The van der Waals surface area contributed by atoms with Crippen molar-refractivity contribution in [2.75, 3.05) is 0 Å². The van der Waals surface area contributed by atoms with E-state index in [9.17, 15) is 19.5 Å². The third-order valence-electron chi connectivity index (χ3n) is 6.71. The number of allylic oxidation sites excluding steroid dienone is 2. The molecule has 2 aliphatic carbocycles. The number of nitrogens with zero attached hydrogens (tertiary/aromatic N) is 1. The number of hydrogen-bond donors (Lipinski definition) is 2. The molecule has 5 rings (SSSR count). The molecule has 2 aromatic heterocycles. The first-order chi connectivity index (χ1) is 15.4. The van der Waals surface area contributed by atoms with Gasteiger partial charge in [0.25, 0.3) is 5.56 Å². The summed E-state index contributed by atoms with van der Waals surface area (Å²) in [6.07, 6.45) is 6.09. The number of aromatic amines is 1. The van der Waals surface area contributed by atoms with Crippen LogP contribution in [0.1, 0.15) is 23.3 Å². The highest BCUT2D eigenvalue weighted by atomic mass is 16.4. The van der Waals surface area contributed by atoms with Crippen LogP contribution in [-0.4, -0.2) is 26.9 Å². The highest BCUT2D eigenvalue weighted by Crippen LogP contribution is 2.49. The minimum Gasteiger partial charge on any atom is -0.481 e. The Hall–Kier alpha value is -3.61. The van der Waals surface area contributed by atoms with Crippen molar-refractivity contribution in [3.8, 4) is 0 Å². The van der Waals surface area contributed by atoms with Gasteiger partial charge in [-0.15, -0.1) is 0 Å². The van der Waals surface area contributed by atoms with Crippen molar-refractivity contribution < 1.29 is 19.1 Å². The number of carboxylic acids is 1. The van der Waals surface area contributed by atoms with Gasteiger partial charge in [-0.3, -0.25) is 14.4 Å². The van der Waals surface area contributed by atoms with Crippen molar-refractivity contribution in [1.29, 1.82) is 0 Å². The number of nitrogens with one attached hydrogen (secondary N) is 1. The molecule has 2 bridgehead atoms. The maximum atomic E-state index is 13.7. The SMILES string of the molecule is Cc1ccc2[nH]c(=O)c(CN(Cc3ccco3)C(=O)C3C4C=CC(C4)C3C(=O)O)cc2c1. The minimum atomic E-state index is -0.947. The number of aliphatic carboxylic acids is 1. The molecular formula is C25H24N2O5. The zero-order chi connectivity index (χ0) is 22.4. The summed E-state index contributed by atoms with van der Waals surface area (Å²) in [6.45, 7) is 2.22. The molecule has 7 nitrogen and oxygen atoms in total. The Bertz CT molecular complexity index is 1270. The first kappa shape index (κ1) is 20.3. The average molecular weight is 432 g/mol. The van der Waals surface area contributed by atoms with Crippen LogP contribution in [0.15, 0.2) is 64.0 Å². The van der Waals surface area contributed by atoms with Crippen molar-refractivity contribution in [3.05, 3.63) is 82.1 Å². The summed E-state index contributed by atoms with van der Waals surface area (Å²) in [7, 11) is 0. The lowest BCUT2D eigenvalue weighted by Gasteiger charge is -2.30. The normalized spacial score (nSPS) is 23.7. The van der Waals surface area contributed by atoms with Gasteiger partial charge in [-0.05, 0) is 60.9 Å². The molecule has 32 heavy (non-hydrogen) atoms. The van der Waals surface area contributed by atoms with Gasteiger partial charge in [0.2, 0.25) is 5.91 Å². The van der Waals surface area contributed by atoms with Crippen molar-refractivity contribution in [2.45, 2.75) is 26.4 Å². The predicted octanol–water partition coefficient (Wildman–Crippen LogP) is 3.48. The Morgan fingerprint density at radius 3 is 2.62 bits per heavy atom. The number of fused-ring (bicyclic) bond motifs is 3. The number of carboxylic acid groups (broad SMARTS) is 1. The maximum absolute atomic E-state index is 13.7. The van der Waals surface area contributed by atoms with E-state index in [2.05, 4.69) is 4.98 Å². The van der Waals surface area contributed by atoms with E-state index in [4.69, 9.17) is 4.42 Å². The molecule has 0 spiro atoms. The Kier molecular flexibility index (Phi) is 4.96. The van der Waals surface area contributed by atoms with Crippen LogP contribution in [0.25, 0.3) is 10.9 Å². The van der Waals surface area contributed by atoms with Crippen LogP contribution >= 0.6 is 0 Å². The van der Waals surface area contributed by atoms with E-state index in [0.29, 0.717) is 17.7 Å². The monoisotopic (exact) mass is 432 g/mol. The first-order valence-corrected chi connectivity index (χ1v) is 10.8. The summed E-state index contributed by atoms with van der Waals surface area (Å²) in [4.78, 5) is 42.9. The van der Waals surface area contributed by atoms with E-state index < -0.39 is 17.8 Å². The standard InChI is InChI=1S/C25H24N2O5/c1-14-4-7-20-17(9-14)11-18(23(28)26-20)12-27(13-19-3-2-8-32-19)24(29)21-15-5-6-16(10-15)22(21)25(30)31/h2-9,11,15-16,21-22H,10,12-13H2,1H3,(H,26,28)(H,30,31).